The molecule has 0 radical (unpaired) electrons. The Morgan fingerprint density at radius 3 is 2.84 bits per heavy atom. The second-order valence-electron chi connectivity index (χ2n) is 6.78. The Bertz CT molecular complexity index is 846. The Balaban J connectivity index is 1.45. The molecule has 0 atom stereocenters. The van der Waals surface area contributed by atoms with Gasteiger partial charge in [-0.2, -0.15) is 5.10 Å². The molecular weight excluding hydrogens is 333 g/mol. The van der Waals surface area contributed by atoms with Gasteiger partial charge in [-0.1, -0.05) is 12.1 Å². The van der Waals surface area contributed by atoms with Crippen molar-refractivity contribution in [3.05, 3.63) is 63.9 Å². The Morgan fingerprint density at radius 1 is 1.28 bits per heavy atom. The third kappa shape index (κ3) is 3.53. The molecule has 1 fully saturated rings. The van der Waals surface area contributed by atoms with Gasteiger partial charge in [0, 0.05) is 28.6 Å². The minimum atomic E-state index is -0.203. The largest absolute Gasteiger partial charge is 0.298 e. The summed E-state index contributed by atoms with van der Waals surface area (Å²) in [5, 5.41) is 9.58. The van der Waals surface area contributed by atoms with Crippen molar-refractivity contribution in [1.29, 1.82) is 0 Å². The molecule has 25 heavy (non-hydrogen) atoms. The number of aryl methyl sites for hydroxylation is 1. The number of aromatic amines is 1. The minimum Gasteiger partial charge on any atom is -0.298 e. The van der Waals surface area contributed by atoms with E-state index >= 15 is 0 Å². The van der Waals surface area contributed by atoms with Gasteiger partial charge < -0.3 is 0 Å². The van der Waals surface area contributed by atoms with Crippen LogP contribution in [0.2, 0.25) is 0 Å². The first-order chi connectivity index (χ1) is 12.2. The van der Waals surface area contributed by atoms with E-state index in [4.69, 9.17) is 0 Å². The predicted octanol–water partition coefficient (Wildman–Crippen LogP) is 4.97. The van der Waals surface area contributed by atoms with Gasteiger partial charge >= 0.3 is 0 Å². The van der Waals surface area contributed by atoms with E-state index < -0.39 is 0 Å². The van der Waals surface area contributed by atoms with Gasteiger partial charge in [0.1, 0.15) is 5.82 Å². The highest BCUT2D eigenvalue weighted by Crippen LogP contribution is 2.34. The number of nitrogens with zero attached hydrogens (tertiary/aromatic N) is 2. The van der Waals surface area contributed by atoms with Crippen LogP contribution in [0.25, 0.3) is 11.1 Å². The van der Waals surface area contributed by atoms with Gasteiger partial charge in [-0.25, -0.2) is 4.39 Å². The van der Waals surface area contributed by atoms with Crippen LogP contribution in [0.15, 0.2) is 41.9 Å². The van der Waals surface area contributed by atoms with Crippen LogP contribution in [-0.4, -0.2) is 28.2 Å². The van der Waals surface area contributed by atoms with Crippen LogP contribution in [0.1, 0.15) is 34.9 Å². The number of likely N-dealkylation sites (tertiary alicyclic amines) is 1. The summed E-state index contributed by atoms with van der Waals surface area (Å²) >= 11 is 1.85. The third-order valence-electron chi connectivity index (χ3n) is 5.14. The van der Waals surface area contributed by atoms with Gasteiger partial charge in [0.25, 0.3) is 0 Å². The number of thiophene rings is 1. The molecular formula is C20H22FN3S. The summed E-state index contributed by atoms with van der Waals surface area (Å²) in [7, 11) is 0. The molecule has 1 aliphatic heterocycles. The van der Waals surface area contributed by atoms with Crippen LogP contribution in [0.5, 0.6) is 0 Å². The highest BCUT2D eigenvalue weighted by atomic mass is 32.1. The number of rotatable bonds is 4. The van der Waals surface area contributed by atoms with Crippen molar-refractivity contribution < 1.29 is 4.39 Å². The standard InChI is InChI=1S/C20H22FN3S/c1-14-7-10-25-19(14)13-24-8-5-15(6-9-24)20-18(12-22-23-20)16-3-2-4-17(21)11-16/h2-4,7,10-12,15H,5-6,8-9,13H2,1H3,(H,22,23). The molecule has 3 heterocycles. The average Bonchev–Trinajstić information content (AvgIpc) is 3.25. The van der Waals surface area contributed by atoms with Crippen molar-refractivity contribution in [2.75, 3.05) is 13.1 Å². The summed E-state index contributed by atoms with van der Waals surface area (Å²) in [5.41, 5.74) is 4.49. The first kappa shape index (κ1) is 16.5. The SMILES string of the molecule is Cc1ccsc1CN1CCC(c2[nH]ncc2-c2cccc(F)c2)CC1. The van der Waals surface area contributed by atoms with Gasteiger partial charge in [0.2, 0.25) is 0 Å². The van der Waals surface area contributed by atoms with Crippen LogP contribution >= 0.6 is 11.3 Å². The minimum absolute atomic E-state index is 0.203. The number of H-pyrrole nitrogens is 1. The van der Waals surface area contributed by atoms with Crippen LogP contribution in [0, 0.1) is 12.7 Å². The molecule has 0 spiro atoms. The topological polar surface area (TPSA) is 31.9 Å². The second kappa shape index (κ2) is 7.10. The predicted molar refractivity (Wildman–Crippen MR) is 100 cm³/mol. The molecule has 0 amide bonds. The van der Waals surface area contributed by atoms with Crippen molar-refractivity contribution >= 4 is 11.3 Å². The molecule has 1 aliphatic rings. The molecule has 0 aliphatic carbocycles. The summed E-state index contributed by atoms with van der Waals surface area (Å²) in [6.45, 7) is 5.41. The van der Waals surface area contributed by atoms with Crippen LogP contribution < -0.4 is 0 Å². The lowest BCUT2D eigenvalue weighted by Gasteiger charge is -2.31. The van der Waals surface area contributed by atoms with E-state index in [-0.39, 0.29) is 5.82 Å². The zero-order valence-corrected chi connectivity index (χ0v) is 15.2. The first-order valence-electron chi connectivity index (χ1n) is 8.75. The van der Waals surface area contributed by atoms with Crippen molar-refractivity contribution in [3.63, 3.8) is 0 Å². The molecule has 1 aromatic carbocycles. The van der Waals surface area contributed by atoms with E-state index in [1.54, 1.807) is 12.1 Å². The summed E-state index contributed by atoms with van der Waals surface area (Å²) < 4.78 is 13.6. The second-order valence-corrected chi connectivity index (χ2v) is 7.79. The lowest BCUT2D eigenvalue weighted by atomic mass is 9.89. The molecule has 0 unspecified atom stereocenters. The van der Waals surface area contributed by atoms with Gasteiger partial charge in [0.05, 0.1) is 6.20 Å². The number of piperidine rings is 1. The molecule has 3 nitrogen and oxygen atoms in total. The average molecular weight is 355 g/mol. The van der Waals surface area contributed by atoms with Crippen molar-refractivity contribution in [2.45, 2.75) is 32.2 Å². The molecule has 4 rings (SSSR count). The third-order valence-corrected chi connectivity index (χ3v) is 6.14. The smallest absolute Gasteiger partial charge is 0.123 e. The normalized spacial score (nSPS) is 16.4. The number of halogens is 1. The maximum Gasteiger partial charge on any atom is 0.123 e. The van der Waals surface area contributed by atoms with Crippen molar-refractivity contribution in [2.24, 2.45) is 0 Å². The maximum absolute atomic E-state index is 13.6. The lowest BCUT2D eigenvalue weighted by molar-refractivity contribution is 0.204. The summed E-state index contributed by atoms with van der Waals surface area (Å²) in [6.07, 6.45) is 4.04. The highest BCUT2D eigenvalue weighted by molar-refractivity contribution is 7.10. The summed E-state index contributed by atoms with van der Waals surface area (Å²) in [6, 6.07) is 8.97. The molecule has 5 heteroatoms. The molecule has 0 saturated carbocycles. The van der Waals surface area contributed by atoms with Gasteiger partial charge in [0.15, 0.2) is 0 Å². The zero-order valence-electron chi connectivity index (χ0n) is 14.3. The quantitative estimate of drug-likeness (QED) is 0.717. The molecule has 130 valence electrons. The first-order valence-corrected chi connectivity index (χ1v) is 9.63. The van der Waals surface area contributed by atoms with Gasteiger partial charge in [-0.3, -0.25) is 10.00 Å². The molecule has 3 aromatic rings. The van der Waals surface area contributed by atoms with E-state index in [1.807, 2.05) is 23.6 Å². The van der Waals surface area contributed by atoms with Crippen LogP contribution in [0.3, 0.4) is 0 Å². The monoisotopic (exact) mass is 355 g/mol. The molecule has 2 aromatic heterocycles. The van der Waals surface area contributed by atoms with E-state index in [1.165, 1.54) is 16.5 Å². The summed E-state index contributed by atoms with van der Waals surface area (Å²) in [5.74, 6) is 0.257. The van der Waals surface area contributed by atoms with Gasteiger partial charge in [-0.15, -0.1) is 11.3 Å². The Kier molecular flexibility index (Phi) is 4.68. The van der Waals surface area contributed by atoms with E-state index in [0.717, 1.165) is 49.3 Å². The Labute approximate surface area is 151 Å². The van der Waals surface area contributed by atoms with Crippen LogP contribution in [0.4, 0.5) is 4.39 Å². The lowest BCUT2D eigenvalue weighted by Crippen LogP contribution is -2.32. The fourth-order valence-electron chi connectivity index (χ4n) is 3.64. The fraction of sp³-hybridized carbons (Fsp3) is 0.350. The van der Waals surface area contributed by atoms with Crippen molar-refractivity contribution in [1.82, 2.24) is 15.1 Å². The van der Waals surface area contributed by atoms with Crippen LogP contribution in [-0.2, 0) is 6.54 Å². The van der Waals surface area contributed by atoms with E-state index in [9.17, 15) is 4.39 Å². The number of hydrogen-bond donors (Lipinski definition) is 1. The number of hydrogen-bond acceptors (Lipinski definition) is 3. The number of aromatic nitrogens is 2. The molecule has 0 bridgehead atoms. The van der Waals surface area contributed by atoms with Crippen molar-refractivity contribution in [3.8, 4) is 11.1 Å². The number of benzene rings is 1. The highest BCUT2D eigenvalue weighted by Gasteiger charge is 2.25. The number of nitrogens with one attached hydrogen (secondary N) is 1. The maximum atomic E-state index is 13.6. The Hall–Kier alpha value is -1.98. The summed E-state index contributed by atoms with van der Waals surface area (Å²) in [4.78, 5) is 4.01. The van der Waals surface area contributed by atoms with Gasteiger partial charge in [-0.05, 0) is 67.6 Å². The Morgan fingerprint density at radius 2 is 2.12 bits per heavy atom. The fourth-order valence-corrected chi connectivity index (χ4v) is 4.59. The van der Waals surface area contributed by atoms with E-state index in [2.05, 4.69) is 33.5 Å². The van der Waals surface area contributed by atoms with E-state index in [0.29, 0.717) is 5.92 Å². The molecule has 1 N–H and O–H groups in total. The molecule has 1 saturated heterocycles. The zero-order chi connectivity index (χ0) is 17.2.